The number of halogens is 1. The van der Waals surface area contributed by atoms with Gasteiger partial charge in [0.2, 0.25) is 0 Å². The van der Waals surface area contributed by atoms with Gasteiger partial charge in [0.15, 0.2) is 10.8 Å². The van der Waals surface area contributed by atoms with Crippen molar-refractivity contribution in [2.75, 3.05) is 13.2 Å². The molecular weight excluding hydrogens is 266 g/mol. The van der Waals surface area contributed by atoms with Crippen LogP contribution in [0.4, 0.5) is 0 Å². The summed E-state index contributed by atoms with van der Waals surface area (Å²) in [6.45, 7) is 0.303. The summed E-state index contributed by atoms with van der Waals surface area (Å²) in [5.74, 6) is -0.176. The quantitative estimate of drug-likeness (QED) is 0.916. The van der Waals surface area contributed by atoms with Gasteiger partial charge in [0.25, 0.3) is 5.91 Å². The van der Waals surface area contributed by atoms with Crippen LogP contribution >= 0.6 is 11.6 Å². The average Bonchev–Trinajstić information content (AvgIpc) is 2.46. The molecule has 0 unspecified atom stereocenters. The van der Waals surface area contributed by atoms with Crippen molar-refractivity contribution in [1.82, 2.24) is 15.1 Å². The first kappa shape index (κ1) is 14.2. The van der Waals surface area contributed by atoms with E-state index in [-0.39, 0.29) is 29.4 Å². The van der Waals surface area contributed by atoms with Crippen LogP contribution in [0.25, 0.3) is 0 Å². The van der Waals surface area contributed by atoms with Gasteiger partial charge in [-0.05, 0) is 25.0 Å². The molecule has 1 amide bonds. The van der Waals surface area contributed by atoms with Crippen molar-refractivity contribution in [3.05, 3.63) is 23.0 Å². The van der Waals surface area contributed by atoms with Gasteiger partial charge in [0, 0.05) is 12.6 Å². The molecule has 1 fully saturated rings. The molecule has 0 spiro atoms. The van der Waals surface area contributed by atoms with Gasteiger partial charge in [-0.3, -0.25) is 4.79 Å². The molecule has 6 heteroatoms. The van der Waals surface area contributed by atoms with Crippen LogP contribution in [0.3, 0.4) is 0 Å². The maximum atomic E-state index is 12.4. The zero-order valence-corrected chi connectivity index (χ0v) is 11.5. The Balaban J connectivity index is 2.13. The molecule has 0 atom stereocenters. The Bertz CT molecular complexity index is 418. The Kier molecular flexibility index (Phi) is 5.10. The second kappa shape index (κ2) is 6.82. The normalized spacial score (nSPS) is 16.3. The molecule has 1 N–H and O–H groups in total. The molecule has 0 aliphatic heterocycles. The molecule has 0 bridgehead atoms. The molecule has 0 radical (unpaired) electrons. The van der Waals surface area contributed by atoms with Crippen LogP contribution < -0.4 is 0 Å². The Morgan fingerprint density at radius 2 is 2.05 bits per heavy atom. The van der Waals surface area contributed by atoms with E-state index < -0.39 is 0 Å². The number of aromatic nitrogens is 2. The van der Waals surface area contributed by atoms with Gasteiger partial charge in [0.1, 0.15) is 0 Å². The fraction of sp³-hybridized carbons (Fsp3) is 0.615. The van der Waals surface area contributed by atoms with Crippen LogP contribution in [-0.4, -0.2) is 45.3 Å². The molecule has 2 rings (SSSR count). The fourth-order valence-electron chi connectivity index (χ4n) is 2.53. The number of carbonyl (C=O) groups excluding carboxylic acids is 1. The zero-order valence-electron chi connectivity index (χ0n) is 10.8. The number of rotatable bonds is 4. The predicted molar refractivity (Wildman–Crippen MR) is 72.0 cm³/mol. The Morgan fingerprint density at radius 3 is 2.63 bits per heavy atom. The van der Waals surface area contributed by atoms with Gasteiger partial charge >= 0.3 is 0 Å². The number of nitrogens with zero attached hydrogens (tertiary/aromatic N) is 3. The number of hydrogen-bond donors (Lipinski definition) is 1. The van der Waals surface area contributed by atoms with E-state index in [9.17, 15) is 4.79 Å². The highest BCUT2D eigenvalue weighted by Crippen LogP contribution is 2.23. The van der Waals surface area contributed by atoms with Crippen LogP contribution in [0.1, 0.15) is 42.6 Å². The second-order valence-corrected chi connectivity index (χ2v) is 5.14. The van der Waals surface area contributed by atoms with Crippen LogP contribution in [0.5, 0.6) is 0 Å². The molecule has 0 aromatic carbocycles. The number of amides is 1. The number of aliphatic hydroxyl groups excluding tert-OH is 1. The van der Waals surface area contributed by atoms with Crippen molar-refractivity contribution >= 4 is 17.5 Å². The lowest BCUT2D eigenvalue weighted by Crippen LogP contribution is -2.43. The summed E-state index contributed by atoms with van der Waals surface area (Å²) in [6, 6.07) is 3.33. The minimum Gasteiger partial charge on any atom is -0.395 e. The lowest BCUT2D eigenvalue weighted by Gasteiger charge is -2.33. The van der Waals surface area contributed by atoms with E-state index in [2.05, 4.69) is 10.2 Å². The first-order valence-electron chi connectivity index (χ1n) is 6.63. The third kappa shape index (κ3) is 3.64. The maximum Gasteiger partial charge on any atom is 0.274 e. The SMILES string of the molecule is O=C(c1ccc(Cl)nn1)N(CCO)C1CCCCC1. The maximum absolute atomic E-state index is 12.4. The van der Waals surface area contributed by atoms with E-state index in [0.29, 0.717) is 6.54 Å². The minimum atomic E-state index is -0.176. The monoisotopic (exact) mass is 283 g/mol. The summed E-state index contributed by atoms with van der Waals surface area (Å²) in [4.78, 5) is 14.1. The standard InChI is InChI=1S/C13H18ClN3O2/c14-12-7-6-11(15-16-12)13(19)17(8-9-18)10-4-2-1-3-5-10/h6-7,10,18H,1-5,8-9H2. The Hall–Kier alpha value is -1.20. The minimum absolute atomic E-state index is 0.0384. The lowest BCUT2D eigenvalue weighted by molar-refractivity contribution is 0.0578. The van der Waals surface area contributed by atoms with Gasteiger partial charge in [-0.2, -0.15) is 0 Å². The summed E-state index contributed by atoms with van der Waals surface area (Å²) in [7, 11) is 0. The summed E-state index contributed by atoms with van der Waals surface area (Å²) in [5.41, 5.74) is 0.281. The Labute approximate surface area is 117 Å². The van der Waals surface area contributed by atoms with E-state index >= 15 is 0 Å². The third-order valence-corrected chi connectivity index (χ3v) is 3.67. The Morgan fingerprint density at radius 1 is 1.32 bits per heavy atom. The topological polar surface area (TPSA) is 66.3 Å². The molecule has 5 nitrogen and oxygen atoms in total. The molecule has 1 heterocycles. The van der Waals surface area contributed by atoms with E-state index in [1.807, 2.05) is 0 Å². The highest BCUT2D eigenvalue weighted by molar-refractivity contribution is 6.29. The average molecular weight is 284 g/mol. The largest absolute Gasteiger partial charge is 0.395 e. The van der Waals surface area contributed by atoms with Crippen LogP contribution in [-0.2, 0) is 0 Å². The highest BCUT2D eigenvalue weighted by atomic mass is 35.5. The van der Waals surface area contributed by atoms with E-state index in [1.165, 1.54) is 6.42 Å². The van der Waals surface area contributed by atoms with Crippen LogP contribution in [0, 0.1) is 0 Å². The molecule has 104 valence electrons. The first-order chi connectivity index (χ1) is 9.22. The highest BCUT2D eigenvalue weighted by Gasteiger charge is 2.26. The van der Waals surface area contributed by atoms with Gasteiger partial charge < -0.3 is 10.0 Å². The van der Waals surface area contributed by atoms with Gasteiger partial charge in [-0.15, -0.1) is 10.2 Å². The molecule has 1 aromatic heterocycles. The summed E-state index contributed by atoms with van der Waals surface area (Å²) in [5, 5.41) is 16.9. The molecule has 19 heavy (non-hydrogen) atoms. The van der Waals surface area contributed by atoms with Gasteiger partial charge in [-0.1, -0.05) is 30.9 Å². The zero-order chi connectivity index (χ0) is 13.7. The molecule has 1 aliphatic carbocycles. The van der Waals surface area contributed by atoms with Crippen LogP contribution in [0.15, 0.2) is 12.1 Å². The molecule has 1 aromatic rings. The second-order valence-electron chi connectivity index (χ2n) is 4.76. The lowest BCUT2D eigenvalue weighted by atomic mass is 9.94. The van der Waals surface area contributed by atoms with E-state index in [1.54, 1.807) is 17.0 Å². The van der Waals surface area contributed by atoms with Crippen molar-refractivity contribution in [3.8, 4) is 0 Å². The third-order valence-electron chi connectivity index (χ3n) is 3.47. The van der Waals surface area contributed by atoms with Gasteiger partial charge in [-0.25, -0.2) is 0 Å². The van der Waals surface area contributed by atoms with E-state index in [0.717, 1.165) is 25.7 Å². The summed E-state index contributed by atoms with van der Waals surface area (Å²) < 4.78 is 0. The van der Waals surface area contributed by atoms with Crippen molar-refractivity contribution in [1.29, 1.82) is 0 Å². The van der Waals surface area contributed by atoms with Crippen molar-refractivity contribution in [3.63, 3.8) is 0 Å². The molecular formula is C13H18ClN3O2. The van der Waals surface area contributed by atoms with Crippen molar-refractivity contribution in [2.45, 2.75) is 38.1 Å². The van der Waals surface area contributed by atoms with Crippen molar-refractivity contribution in [2.24, 2.45) is 0 Å². The van der Waals surface area contributed by atoms with E-state index in [4.69, 9.17) is 16.7 Å². The first-order valence-corrected chi connectivity index (χ1v) is 7.01. The predicted octanol–water partition coefficient (Wildman–Crippen LogP) is 1.90. The number of aliphatic hydroxyl groups is 1. The number of carbonyl (C=O) groups is 1. The summed E-state index contributed by atoms with van der Waals surface area (Å²) in [6.07, 6.45) is 5.47. The van der Waals surface area contributed by atoms with Gasteiger partial charge in [0.05, 0.1) is 6.61 Å². The summed E-state index contributed by atoms with van der Waals surface area (Å²) >= 11 is 5.67. The smallest absolute Gasteiger partial charge is 0.274 e. The molecule has 1 aliphatic rings. The van der Waals surface area contributed by atoms with Crippen molar-refractivity contribution < 1.29 is 9.90 Å². The fourth-order valence-corrected chi connectivity index (χ4v) is 2.63. The molecule has 0 saturated heterocycles. The van der Waals surface area contributed by atoms with Crippen LogP contribution in [0.2, 0.25) is 5.15 Å². The molecule has 1 saturated carbocycles. The number of hydrogen-bond acceptors (Lipinski definition) is 4.